The molecule has 5 atom stereocenters. The molecule has 1 aromatic carbocycles. The summed E-state index contributed by atoms with van der Waals surface area (Å²) in [6.45, 7) is 5.80. The van der Waals surface area contributed by atoms with Crippen LogP contribution in [0.25, 0.3) is 0 Å². The predicted molar refractivity (Wildman–Crippen MR) is 112 cm³/mol. The first-order chi connectivity index (χ1) is 14.3. The Labute approximate surface area is 177 Å². The minimum Gasteiger partial charge on any atom is -0.504 e. The lowest BCUT2D eigenvalue weighted by atomic mass is 9.48. The maximum atomic E-state index is 12.5. The van der Waals surface area contributed by atoms with Crippen molar-refractivity contribution in [3.63, 3.8) is 0 Å². The van der Waals surface area contributed by atoms with Gasteiger partial charge in [-0.2, -0.15) is 0 Å². The normalized spacial score (nSPS) is 38.9. The predicted octanol–water partition coefficient (Wildman–Crippen LogP) is 2.10. The number of benzene rings is 1. The monoisotopic (exact) mass is 412 g/mol. The van der Waals surface area contributed by atoms with Crippen LogP contribution in [-0.4, -0.2) is 57.9 Å². The average Bonchev–Trinajstić information content (AvgIpc) is 3.44. The highest BCUT2D eigenvalue weighted by Gasteiger charge is 2.73. The Kier molecular flexibility index (Phi) is 3.87. The van der Waals surface area contributed by atoms with Crippen LogP contribution in [0.2, 0.25) is 0 Å². The number of nitrogens with one attached hydrogen (secondary N) is 1. The molecule has 2 aliphatic heterocycles. The number of likely N-dealkylation sites (tertiary alicyclic amines) is 1. The Balaban J connectivity index is 1.47. The fraction of sp³-hybridized carbons (Fsp3) is 0.708. The van der Waals surface area contributed by atoms with E-state index >= 15 is 0 Å². The van der Waals surface area contributed by atoms with Gasteiger partial charge in [-0.1, -0.05) is 19.9 Å². The molecule has 3 N–H and O–H groups in total. The Morgan fingerprint density at radius 3 is 2.83 bits per heavy atom. The zero-order valence-electron chi connectivity index (χ0n) is 17.9. The van der Waals surface area contributed by atoms with Gasteiger partial charge in [0.25, 0.3) is 0 Å². The number of nitrogens with zero attached hydrogens (tertiary/aromatic N) is 1. The topological polar surface area (TPSA) is 82.0 Å². The van der Waals surface area contributed by atoms with Crippen molar-refractivity contribution in [3.05, 3.63) is 23.3 Å². The van der Waals surface area contributed by atoms with Gasteiger partial charge in [0.05, 0.1) is 17.1 Å². The molecular formula is C24H32N2O4. The fourth-order valence-corrected chi connectivity index (χ4v) is 6.98. The molecule has 2 bridgehead atoms. The van der Waals surface area contributed by atoms with E-state index in [0.29, 0.717) is 18.6 Å². The van der Waals surface area contributed by atoms with E-state index in [-0.39, 0.29) is 35.8 Å². The van der Waals surface area contributed by atoms with Gasteiger partial charge in [0.2, 0.25) is 5.91 Å². The summed E-state index contributed by atoms with van der Waals surface area (Å²) in [4.78, 5) is 15.1. The van der Waals surface area contributed by atoms with Gasteiger partial charge in [-0.25, -0.2) is 0 Å². The number of phenolic OH excluding ortho intramolecular Hbond substituents is 1. The van der Waals surface area contributed by atoms with Crippen LogP contribution in [0.15, 0.2) is 12.1 Å². The third-order valence-corrected chi connectivity index (χ3v) is 8.61. The molecule has 1 saturated heterocycles. The van der Waals surface area contributed by atoms with E-state index in [4.69, 9.17) is 4.74 Å². The first kappa shape index (κ1) is 18.9. The number of hydrogen-bond acceptors (Lipinski definition) is 5. The van der Waals surface area contributed by atoms with Crippen LogP contribution in [0.3, 0.4) is 0 Å². The minimum atomic E-state index is -0.893. The average molecular weight is 413 g/mol. The number of ether oxygens (including phenoxy) is 1. The molecule has 0 aromatic heterocycles. The van der Waals surface area contributed by atoms with Crippen LogP contribution in [0.5, 0.6) is 11.5 Å². The van der Waals surface area contributed by atoms with E-state index in [0.717, 1.165) is 37.4 Å². The first-order valence-corrected chi connectivity index (χ1v) is 11.6. The van der Waals surface area contributed by atoms with Crippen LogP contribution in [0, 0.1) is 11.8 Å². The molecule has 0 radical (unpaired) electrons. The van der Waals surface area contributed by atoms with Gasteiger partial charge >= 0.3 is 0 Å². The smallest absolute Gasteiger partial charge is 0.222 e. The molecule has 0 unspecified atom stereocenters. The summed E-state index contributed by atoms with van der Waals surface area (Å²) < 4.78 is 6.45. The van der Waals surface area contributed by atoms with E-state index in [9.17, 15) is 15.0 Å². The summed E-state index contributed by atoms with van der Waals surface area (Å²) in [5.74, 6) is 1.38. The first-order valence-electron chi connectivity index (χ1n) is 11.6. The number of aromatic hydroxyl groups is 1. The number of phenols is 1. The Bertz CT molecular complexity index is 913. The van der Waals surface area contributed by atoms with Crippen LogP contribution < -0.4 is 10.1 Å². The van der Waals surface area contributed by atoms with Gasteiger partial charge in [-0.15, -0.1) is 0 Å². The molecule has 6 rings (SSSR count). The largest absolute Gasteiger partial charge is 0.504 e. The molecule has 6 heteroatoms. The summed E-state index contributed by atoms with van der Waals surface area (Å²) in [5.41, 5.74) is 0.750. The summed E-state index contributed by atoms with van der Waals surface area (Å²) in [6.07, 6.45) is 5.20. The Morgan fingerprint density at radius 1 is 1.30 bits per heavy atom. The van der Waals surface area contributed by atoms with Crippen LogP contribution in [0.1, 0.15) is 57.1 Å². The summed E-state index contributed by atoms with van der Waals surface area (Å²) in [5, 5.41) is 26.2. The third-order valence-electron chi connectivity index (χ3n) is 8.61. The van der Waals surface area contributed by atoms with Gasteiger partial charge in [0, 0.05) is 24.1 Å². The second kappa shape index (κ2) is 6.13. The number of carbonyl (C=O) groups excluding carboxylic acids is 1. The molecule has 1 amide bonds. The van der Waals surface area contributed by atoms with E-state index in [2.05, 4.69) is 10.2 Å². The fourth-order valence-electron chi connectivity index (χ4n) is 6.98. The van der Waals surface area contributed by atoms with Crippen molar-refractivity contribution in [2.75, 3.05) is 13.1 Å². The highest BCUT2D eigenvalue weighted by molar-refractivity contribution is 5.78. The number of aliphatic hydroxyl groups is 1. The molecule has 30 heavy (non-hydrogen) atoms. The van der Waals surface area contributed by atoms with Crippen LogP contribution >= 0.6 is 0 Å². The van der Waals surface area contributed by atoms with Gasteiger partial charge in [-0.05, 0) is 62.6 Å². The van der Waals surface area contributed by atoms with E-state index in [1.54, 1.807) is 6.07 Å². The van der Waals surface area contributed by atoms with Crippen molar-refractivity contribution >= 4 is 5.91 Å². The molecule has 162 valence electrons. The van der Waals surface area contributed by atoms with Gasteiger partial charge in [-0.3, -0.25) is 9.69 Å². The SMILES string of the molecule is CC(C)C(=O)N[C@@H]1CC[C@@]2(O)[C@H]3Cc4ccc(O)c5c4[C@@]2(CCN3CC2CC2)[C@H]1O5. The molecule has 5 aliphatic rings. The van der Waals surface area contributed by atoms with Crippen molar-refractivity contribution in [3.8, 4) is 11.5 Å². The molecule has 2 heterocycles. The quantitative estimate of drug-likeness (QED) is 0.706. The van der Waals surface area contributed by atoms with E-state index < -0.39 is 11.0 Å². The lowest BCUT2D eigenvalue weighted by Crippen LogP contribution is -2.78. The van der Waals surface area contributed by atoms with E-state index in [1.807, 2.05) is 19.9 Å². The number of rotatable bonds is 4. The Hall–Kier alpha value is -1.79. The summed E-state index contributed by atoms with van der Waals surface area (Å²) in [7, 11) is 0. The molecule has 3 fully saturated rings. The highest BCUT2D eigenvalue weighted by atomic mass is 16.5. The Morgan fingerprint density at radius 2 is 2.10 bits per heavy atom. The molecule has 2 saturated carbocycles. The molecule has 1 spiro atoms. The molecule has 3 aliphatic carbocycles. The standard InChI is InChI=1S/C24H32N2O4/c1-13(2)22(28)25-16-7-8-24(29)18-11-15-5-6-17(27)20-19(15)23(24,21(16)30-20)9-10-26(18)12-14-3-4-14/h5-6,13-14,16,18,21,27,29H,3-4,7-12H2,1-2H3,(H,25,28)/t16-,18-,21+,23+,24-/m1/s1. The lowest BCUT2D eigenvalue weighted by molar-refractivity contribution is -0.192. The summed E-state index contributed by atoms with van der Waals surface area (Å²) >= 11 is 0. The van der Waals surface area contributed by atoms with Crippen molar-refractivity contribution < 1.29 is 19.7 Å². The zero-order valence-corrected chi connectivity index (χ0v) is 17.9. The number of piperidine rings is 1. The highest BCUT2D eigenvalue weighted by Crippen LogP contribution is 2.65. The van der Waals surface area contributed by atoms with Crippen molar-refractivity contribution in [1.82, 2.24) is 10.2 Å². The van der Waals surface area contributed by atoms with E-state index in [1.165, 1.54) is 18.4 Å². The van der Waals surface area contributed by atoms with Crippen molar-refractivity contribution in [2.24, 2.45) is 11.8 Å². The molecule has 6 nitrogen and oxygen atoms in total. The maximum Gasteiger partial charge on any atom is 0.222 e. The van der Waals surface area contributed by atoms with Crippen LogP contribution in [0.4, 0.5) is 0 Å². The number of carbonyl (C=O) groups is 1. The maximum absolute atomic E-state index is 12.5. The number of hydrogen-bond donors (Lipinski definition) is 3. The molecule has 1 aromatic rings. The minimum absolute atomic E-state index is 0.0179. The summed E-state index contributed by atoms with van der Waals surface area (Å²) in [6, 6.07) is 3.66. The van der Waals surface area contributed by atoms with Crippen LogP contribution in [-0.2, 0) is 16.6 Å². The second-order valence-electron chi connectivity index (χ2n) is 10.6. The van der Waals surface area contributed by atoms with Gasteiger partial charge < -0.3 is 20.3 Å². The second-order valence-corrected chi connectivity index (χ2v) is 10.6. The van der Waals surface area contributed by atoms with Crippen molar-refractivity contribution in [1.29, 1.82) is 0 Å². The lowest BCUT2D eigenvalue weighted by Gasteiger charge is -2.64. The zero-order chi connectivity index (χ0) is 20.8. The molecular weight excluding hydrogens is 380 g/mol. The van der Waals surface area contributed by atoms with Gasteiger partial charge in [0.1, 0.15) is 6.10 Å². The van der Waals surface area contributed by atoms with Crippen molar-refractivity contribution in [2.45, 2.75) is 81.6 Å². The third kappa shape index (κ3) is 2.29. The number of amides is 1. The van der Waals surface area contributed by atoms with Gasteiger partial charge in [0.15, 0.2) is 11.5 Å².